The van der Waals surface area contributed by atoms with E-state index in [1.54, 1.807) is 0 Å². The minimum atomic E-state index is -0.606. The van der Waals surface area contributed by atoms with Crippen molar-refractivity contribution in [1.29, 1.82) is 0 Å². The second-order valence-electron chi connectivity index (χ2n) is 3.70. The predicted octanol–water partition coefficient (Wildman–Crippen LogP) is 0.334. The molecule has 0 aromatic carbocycles. The Balaban J connectivity index is 2.35. The maximum Gasteiger partial charge on any atom is 0.0850 e. The summed E-state index contributed by atoms with van der Waals surface area (Å²) < 4.78 is 0. The van der Waals surface area contributed by atoms with Crippen LogP contribution in [0.2, 0.25) is 0 Å². The van der Waals surface area contributed by atoms with Crippen LogP contribution in [0.4, 0.5) is 0 Å². The van der Waals surface area contributed by atoms with Crippen LogP contribution < -0.4 is 0 Å². The van der Waals surface area contributed by atoms with Gasteiger partial charge in [0.1, 0.15) is 0 Å². The van der Waals surface area contributed by atoms with Gasteiger partial charge in [-0.1, -0.05) is 6.92 Å². The average molecular weight is 190 g/mol. The third kappa shape index (κ3) is 3.60. The van der Waals surface area contributed by atoms with Crippen molar-refractivity contribution in [3.8, 4) is 0 Å². The summed E-state index contributed by atoms with van der Waals surface area (Å²) >= 11 is 0. The largest absolute Gasteiger partial charge is 0.394 e. The fourth-order valence-electron chi connectivity index (χ4n) is 1.61. The van der Waals surface area contributed by atoms with Crippen LogP contribution in [0.3, 0.4) is 0 Å². The van der Waals surface area contributed by atoms with Crippen LogP contribution in [0.25, 0.3) is 0 Å². The lowest BCUT2D eigenvalue weighted by atomic mass is 9.87. The van der Waals surface area contributed by atoms with Crippen molar-refractivity contribution in [3.05, 3.63) is 0 Å². The van der Waals surface area contributed by atoms with Crippen molar-refractivity contribution in [2.45, 2.75) is 25.9 Å². The second-order valence-corrected chi connectivity index (χ2v) is 3.70. The standard InChI is InChI=1S/C9H18O4/c1-7-6-13-12-3-2-8(7)4-9(11)5-10/h7-11H,2-6H2,1H3. The van der Waals surface area contributed by atoms with Crippen LogP contribution in [0, 0.1) is 11.8 Å². The molecule has 13 heavy (non-hydrogen) atoms. The molecular weight excluding hydrogens is 172 g/mol. The number of hydrogen-bond acceptors (Lipinski definition) is 4. The summed E-state index contributed by atoms with van der Waals surface area (Å²) in [6, 6.07) is 0. The van der Waals surface area contributed by atoms with E-state index >= 15 is 0 Å². The number of aliphatic hydroxyl groups is 2. The minimum absolute atomic E-state index is 0.162. The monoisotopic (exact) mass is 190 g/mol. The molecule has 78 valence electrons. The fraction of sp³-hybridized carbons (Fsp3) is 1.00. The molecule has 1 heterocycles. The lowest BCUT2D eigenvalue weighted by Crippen LogP contribution is -2.23. The van der Waals surface area contributed by atoms with E-state index in [1.807, 2.05) is 0 Å². The first kappa shape index (κ1) is 10.9. The summed E-state index contributed by atoms with van der Waals surface area (Å²) in [5.74, 6) is 0.758. The predicted molar refractivity (Wildman–Crippen MR) is 46.9 cm³/mol. The second kappa shape index (κ2) is 5.54. The first-order chi connectivity index (χ1) is 6.24. The first-order valence-corrected chi connectivity index (χ1v) is 4.77. The van der Waals surface area contributed by atoms with E-state index in [0.717, 1.165) is 6.42 Å². The van der Waals surface area contributed by atoms with Gasteiger partial charge in [-0.2, -0.15) is 0 Å². The van der Waals surface area contributed by atoms with E-state index in [2.05, 4.69) is 6.92 Å². The summed E-state index contributed by atoms with van der Waals surface area (Å²) in [6.45, 7) is 3.06. The Bertz CT molecular complexity index is 140. The molecule has 4 nitrogen and oxygen atoms in total. The molecule has 0 saturated carbocycles. The summed E-state index contributed by atoms with van der Waals surface area (Å²) in [5, 5.41) is 18.0. The molecule has 0 aromatic heterocycles. The molecule has 1 rings (SSSR count). The van der Waals surface area contributed by atoms with Crippen LogP contribution in [0.1, 0.15) is 19.8 Å². The van der Waals surface area contributed by atoms with Crippen molar-refractivity contribution in [1.82, 2.24) is 0 Å². The molecule has 3 unspecified atom stereocenters. The Morgan fingerprint density at radius 1 is 1.46 bits per heavy atom. The molecule has 1 saturated heterocycles. The van der Waals surface area contributed by atoms with Gasteiger partial charge in [0, 0.05) is 0 Å². The molecule has 1 fully saturated rings. The Kier molecular flexibility index (Phi) is 4.66. The summed E-state index contributed by atoms with van der Waals surface area (Å²) in [5.41, 5.74) is 0. The SMILES string of the molecule is CC1COOCCC1CC(O)CO. The topological polar surface area (TPSA) is 58.9 Å². The number of aliphatic hydroxyl groups excluding tert-OH is 2. The molecule has 4 heteroatoms. The van der Waals surface area contributed by atoms with E-state index < -0.39 is 6.10 Å². The molecule has 0 radical (unpaired) electrons. The van der Waals surface area contributed by atoms with Crippen molar-refractivity contribution < 1.29 is 20.0 Å². The van der Waals surface area contributed by atoms with Gasteiger partial charge in [0.2, 0.25) is 0 Å². The zero-order valence-electron chi connectivity index (χ0n) is 7.98. The van der Waals surface area contributed by atoms with Gasteiger partial charge in [0.15, 0.2) is 0 Å². The molecule has 0 aromatic rings. The van der Waals surface area contributed by atoms with E-state index in [4.69, 9.17) is 14.9 Å². The van der Waals surface area contributed by atoms with E-state index in [0.29, 0.717) is 31.5 Å². The highest BCUT2D eigenvalue weighted by atomic mass is 17.2. The zero-order valence-corrected chi connectivity index (χ0v) is 7.98. The van der Waals surface area contributed by atoms with Crippen LogP contribution in [-0.2, 0) is 9.78 Å². The van der Waals surface area contributed by atoms with Gasteiger partial charge < -0.3 is 10.2 Å². The Hall–Kier alpha value is -0.160. The molecule has 0 bridgehead atoms. The van der Waals surface area contributed by atoms with Crippen LogP contribution in [-0.4, -0.2) is 36.1 Å². The summed E-state index contributed by atoms with van der Waals surface area (Å²) in [4.78, 5) is 9.77. The van der Waals surface area contributed by atoms with Crippen molar-refractivity contribution in [3.63, 3.8) is 0 Å². The quantitative estimate of drug-likeness (QED) is 0.630. The maximum absolute atomic E-state index is 9.29. The average Bonchev–Trinajstić information content (AvgIpc) is 2.32. The van der Waals surface area contributed by atoms with Gasteiger partial charge in [-0.15, -0.1) is 0 Å². The molecule has 0 spiro atoms. The number of rotatable bonds is 3. The Morgan fingerprint density at radius 3 is 2.92 bits per heavy atom. The highest BCUT2D eigenvalue weighted by Gasteiger charge is 2.23. The maximum atomic E-state index is 9.29. The summed E-state index contributed by atoms with van der Waals surface area (Å²) in [6.07, 6.45) is 0.911. The normalized spacial score (nSPS) is 32.5. The molecule has 1 aliphatic heterocycles. The van der Waals surface area contributed by atoms with Gasteiger partial charge >= 0.3 is 0 Å². The molecule has 0 aliphatic carbocycles. The van der Waals surface area contributed by atoms with Gasteiger partial charge in [-0.25, -0.2) is 9.78 Å². The molecule has 3 atom stereocenters. The third-order valence-corrected chi connectivity index (χ3v) is 2.58. The minimum Gasteiger partial charge on any atom is -0.394 e. The lowest BCUT2D eigenvalue weighted by Gasteiger charge is -2.21. The van der Waals surface area contributed by atoms with E-state index in [9.17, 15) is 5.11 Å². The van der Waals surface area contributed by atoms with E-state index in [-0.39, 0.29) is 6.61 Å². The molecule has 1 aliphatic rings. The molecule has 2 N–H and O–H groups in total. The van der Waals surface area contributed by atoms with Crippen molar-refractivity contribution in [2.75, 3.05) is 19.8 Å². The van der Waals surface area contributed by atoms with Crippen LogP contribution >= 0.6 is 0 Å². The van der Waals surface area contributed by atoms with E-state index in [1.165, 1.54) is 0 Å². The van der Waals surface area contributed by atoms with Gasteiger partial charge in [-0.3, -0.25) is 0 Å². The first-order valence-electron chi connectivity index (χ1n) is 4.77. The summed E-state index contributed by atoms with van der Waals surface area (Å²) in [7, 11) is 0. The van der Waals surface area contributed by atoms with Gasteiger partial charge in [-0.05, 0) is 24.7 Å². The molecular formula is C9H18O4. The van der Waals surface area contributed by atoms with Crippen LogP contribution in [0.15, 0.2) is 0 Å². The molecule has 0 amide bonds. The number of hydrogen-bond donors (Lipinski definition) is 2. The zero-order chi connectivity index (χ0) is 9.68. The fourth-order valence-corrected chi connectivity index (χ4v) is 1.61. The third-order valence-electron chi connectivity index (χ3n) is 2.58. The highest BCUT2D eigenvalue weighted by Crippen LogP contribution is 2.24. The van der Waals surface area contributed by atoms with Crippen LogP contribution in [0.5, 0.6) is 0 Å². The Morgan fingerprint density at radius 2 is 2.23 bits per heavy atom. The van der Waals surface area contributed by atoms with Gasteiger partial charge in [0.25, 0.3) is 0 Å². The Labute approximate surface area is 78.4 Å². The van der Waals surface area contributed by atoms with Crippen molar-refractivity contribution in [2.24, 2.45) is 11.8 Å². The highest BCUT2D eigenvalue weighted by molar-refractivity contribution is 4.71. The van der Waals surface area contributed by atoms with Gasteiger partial charge in [0.05, 0.1) is 25.9 Å². The van der Waals surface area contributed by atoms with Crippen molar-refractivity contribution >= 4 is 0 Å². The lowest BCUT2D eigenvalue weighted by molar-refractivity contribution is -0.291. The smallest absolute Gasteiger partial charge is 0.0850 e.